The van der Waals surface area contributed by atoms with Crippen molar-refractivity contribution >= 4 is 45.8 Å². The molecule has 0 radical (unpaired) electrons. The third-order valence-electron chi connectivity index (χ3n) is 5.48. The third-order valence-corrected chi connectivity index (χ3v) is 5.48. The molecule has 9 nitrogen and oxygen atoms in total. The number of imidazole rings is 1. The molecule has 0 atom stereocenters. The molecule has 3 N–H and O–H groups in total. The number of carbonyl (C=O) groups excluding carboxylic acids is 1. The average molecular weight is 480 g/mol. The molecule has 0 aliphatic heterocycles. The number of rotatable bonds is 8. The van der Waals surface area contributed by atoms with Crippen LogP contribution in [-0.2, 0) is 11.3 Å². The second-order valence-corrected chi connectivity index (χ2v) is 8.18. The summed E-state index contributed by atoms with van der Waals surface area (Å²) in [6, 6.07) is 24.6. The van der Waals surface area contributed by atoms with Crippen LogP contribution in [0.3, 0.4) is 0 Å². The number of nitrogens with zero attached hydrogens (tertiary/aromatic N) is 4. The first-order valence-electron chi connectivity index (χ1n) is 11.4. The van der Waals surface area contributed by atoms with Gasteiger partial charge >= 0.3 is 0 Å². The van der Waals surface area contributed by atoms with E-state index in [1.54, 1.807) is 13.4 Å². The van der Waals surface area contributed by atoms with Gasteiger partial charge in [0.25, 0.3) is 0 Å². The molecule has 0 saturated carbocycles. The SMILES string of the molecule is COc1ccc(Nc2cc(C)nc(Nc3ccc(NC(=O)Cn4cnc5ccccc54)cc3)n2)cc1. The molecule has 3 aromatic carbocycles. The van der Waals surface area contributed by atoms with Gasteiger partial charge in [-0.1, -0.05) is 12.1 Å². The highest BCUT2D eigenvalue weighted by atomic mass is 16.5. The van der Waals surface area contributed by atoms with Crippen LogP contribution >= 0.6 is 0 Å². The number of fused-ring (bicyclic) bond motifs is 1. The van der Waals surface area contributed by atoms with Crippen LogP contribution in [0, 0.1) is 6.92 Å². The Labute approximate surface area is 208 Å². The first-order chi connectivity index (χ1) is 17.6. The van der Waals surface area contributed by atoms with E-state index in [2.05, 4.69) is 30.9 Å². The molecule has 180 valence electrons. The molecule has 0 spiro atoms. The van der Waals surface area contributed by atoms with Gasteiger partial charge in [0, 0.05) is 28.8 Å². The summed E-state index contributed by atoms with van der Waals surface area (Å²) in [6.07, 6.45) is 1.68. The largest absolute Gasteiger partial charge is 0.497 e. The lowest BCUT2D eigenvalue weighted by molar-refractivity contribution is -0.116. The van der Waals surface area contributed by atoms with Crippen molar-refractivity contribution in [2.45, 2.75) is 13.5 Å². The fraction of sp³-hybridized carbons (Fsp3) is 0.111. The molecule has 9 heteroatoms. The quantitative estimate of drug-likeness (QED) is 0.278. The molecule has 2 aromatic heterocycles. The topological polar surface area (TPSA) is 106 Å². The maximum atomic E-state index is 12.6. The number of carbonyl (C=O) groups is 1. The molecule has 0 bridgehead atoms. The van der Waals surface area contributed by atoms with Gasteiger partial charge in [0.15, 0.2) is 0 Å². The molecular weight excluding hydrogens is 454 g/mol. The van der Waals surface area contributed by atoms with Crippen molar-refractivity contribution in [2.75, 3.05) is 23.1 Å². The van der Waals surface area contributed by atoms with Gasteiger partial charge in [-0.2, -0.15) is 4.98 Å². The second kappa shape index (κ2) is 10.1. The number of aromatic nitrogens is 4. The number of benzene rings is 3. The zero-order valence-corrected chi connectivity index (χ0v) is 19.9. The van der Waals surface area contributed by atoms with Crippen LogP contribution in [0.1, 0.15) is 5.69 Å². The molecule has 0 aliphatic rings. The summed E-state index contributed by atoms with van der Waals surface area (Å²) in [5.74, 6) is 1.80. The van der Waals surface area contributed by atoms with Crippen LogP contribution in [0.2, 0.25) is 0 Å². The maximum absolute atomic E-state index is 12.6. The van der Waals surface area contributed by atoms with Crippen molar-refractivity contribution in [2.24, 2.45) is 0 Å². The van der Waals surface area contributed by atoms with Crippen molar-refractivity contribution < 1.29 is 9.53 Å². The molecule has 2 heterocycles. The van der Waals surface area contributed by atoms with Gasteiger partial charge in [0.1, 0.15) is 18.1 Å². The number of aryl methyl sites for hydroxylation is 1. The smallest absolute Gasteiger partial charge is 0.244 e. The molecule has 5 rings (SSSR count). The van der Waals surface area contributed by atoms with E-state index >= 15 is 0 Å². The average Bonchev–Trinajstić information content (AvgIpc) is 3.28. The van der Waals surface area contributed by atoms with Crippen molar-refractivity contribution in [3.8, 4) is 5.75 Å². The number of methoxy groups -OCH3 is 1. The standard InChI is InChI=1S/C27H25N7O2/c1-18-15-25(30-19-11-13-22(36-2)14-12-19)33-27(29-18)32-21-9-7-20(8-10-21)31-26(35)16-34-17-28-23-5-3-4-6-24(23)34/h3-15,17H,16H2,1-2H3,(H,31,35)(H2,29,30,32,33). The van der Waals surface area contributed by atoms with E-state index in [1.165, 1.54) is 0 Å². The molecule has 0 saturated heterocycles. The molecule has 5 aromatic rings. The Morgan fingerprint density at radius 1 is 0.889 bits per heavy atom. The zero-order valence-electron chi connectivity index (χ0n) is 19.9. The molecule has 36 heavy (non-hydrogen) atoms. The van der Waals surface area contributed by atoms with E-state index in [0.29, 0.717) is 17.5 Å². The van der Waals surface area contributed by atoms with Crippen molar-refractivity contribution in [1.29, 1.82) is 0 Å². The second-order valence-electron chi connectivity index (χ2n) is 8.18. The van der Waals surface area contributed by atoms with E-state index in [0.717, 1.165) is 33.9 Å². The lowest BCUT2D eigenvalue weighted by Gasteiger charge is -2.11. The van der Waals surface area contributed by atoms with Crippen LogP contribution in [-0.4, -0.2) is 32.5 Å². The van der Waals surface area contributed by atoms with Crippen LogP contribution in [0.4, 0.5) is 28.8 Å². The van der Waals surface area contributed by atoms with E-state index < -0.39 is 0 Å². The first-order valence-corrected chi connectivity index (χ1v) is 11.4. The summed E-state index contributed by atoms with van der Waals surface area (Å²) in [5, 5.41) is 9.42. The van der Waals surface area contributed by atoms with Gasteiger partial charge in [0.05, 0.1) is 24.5 Å². The summed E-state index contributed by atoms with van der Waals surface area (Å²) in [7, 11) is 1.64. The minimum absolute atomic E-state index is 0.130. The number of hydrogen-bond acceptors (Lipinski definition) is 7. The van der Waals surface area contributed by atoms with E-state index in [9.17, 15) is 4.79 Å². The van der Waals surface area contributed by atoms with Crippen LogP contribution in [0.5, 0.6) is 5.75 Å². The normalized spacial score (nSPS) is 10.7. The number of amides is 1. The Bertz CT molecular complexity index is 1500. The van der Waals surface area contributed by atoms with Crippen molar-refractivity contribution in [3.05, 3.63) is 90.9 Å². The van der Waals surface area contributed by atoms with Crippen molar-refractivity contribution in [1.82, 2.24) is 19.5 Å². The lowest BCUT2D eigenvalue weighted by Crippen LogP contribution is -2.18. The number of anilines is 5. The van der Waals surface area contributed by atoms with Gasteiger partial charge < -0.3 is 25.3 Å². The monoisotopic (exact) mass is 479 g/mol. The fourth-order valence-corrected chi connectivity index (χ4v) is 3.77. The molecule has 1 amide bonds. The third kappa shape index (κ3) is 5.41. The zero-order chi connectivity index (χ0) is 24.9. The van der Waals surface area contributed by atoms with E-state index in [1.807, 2.05) is 90.4 Å². The first kappa shape index (κ1) is 22.9. The number of hydrogen-bond donors (Lipinski definition) is 3. The highest BCUT2D eigenvalue weighted by Crippen LogP contribution is 2.22. The summed E-state index contributed by atoms with van der Waals surface area (Å²) < 4.78 is 7.03. The highest BCUT2D eigenvalue weighted by molar-refractivity contribution is 5.91. The predicted octanol–water partition coefficient (Wildman–Crippen LogP) is 5.27. The van der Waals surface area contributed by atoms with E-state index in [4.69, 9.17) is 4.74 Å². The van der Waals surface area contributed by atoms with Gasteiger partial charge in [-0.25, -0.2) is 9.97 Å². The van der Waals surface area contributed by atoms with E-state index in [-0.39, 0.29) is 12.5 Å². The van der Waals surface area contributed by atoms with Gasteiger partial charge in [-0.15, -0.1) is 0 Å². The molecule has 0 aliphatic carbocycles. The Morgan fingerprint density at radius 3 is 2.36 bits per heavy atom. The Balaban J connectivity index is 1.21. The van der Waals surface area contributed by atoms with Crippen LogP contribution in [0.15, 0.2) is 85.2 Å². The Hall–Kier alpha value is -4.92. The maximum Gasteiger partial charge on any atom is 0.244 e. The number of ether oxygens (including phenoxy) is 1. The van der Waals surface area contributed by atoms with Crippen LogP contribution < -0.4 is 20.7 Å². The summed E-state index contributed by atoms with van der Waals surface area (Å²) in [4.78, 5) is 25.9. The predicted molar refractivity (Wildman–Crippen MR) is 141 cm³/mol. The summed E-state index contributed by atoms with van der Waals surface area (Å²) >= 11 is 0. The molecular formula is C27H25N7O2. The number of nitrogens with one attached hydrogen (secondary N) is 3. The Kier molecular flexibility index (Phi) is 6.44. The molecule has 0 unspecified atom stereocenters. The van der Waals surface area contributed by atoms with Crippen LogP contribution in [0.25, 0.3) is 11.0 Å². The summed E-state index contributed by atoms with van der Waals surface area (Å²) in [5.41, 5.74) is 4.99. The van der Waals surface area contributed by atoms with Gasteiger partial charge in [0.2, 0.25) is 11.9 Å². The fourth-order valence-electron chi connectivity index (χ4n) is 3.77. The number of para-hydroxylation sites is 2. The van der Waals surface area contributed by atoms with Crippen molar-refractivity contribution in [3.63, 3.8) is 0 Å². The summed E-state index contributed by atoms with van der Waals surface area (Å²) in [6.45, 7) is 2.09. The minimum Gasteiger partial charge on any atom is -0.497 e. The minimum atomic E-state index is -0.130. The van der Waals surface area contributed by atoms with Gasteiger partial charge in [-0.3, -0.25) is 4.79 Å². The lowest BCUT2D eigenvalue weighted by atomic mass is 10.2. The van der Waals surface area contributed by atoms with Gasteiger partial charge in [-0.05, 0) is 67.6 Å². The highest BCUT2D eigenvalue weighted by Gasteiger charge is 2.08. The molecule has 0 fully saturated rings. The Morgan fingerprint density at radius 2 is 1.58 bits per heavy atom.